The van der Waals surface area contributed by atoms with Crippen LogP contribution in [-0.2, 0) is 10.0 Å². The largest absolute Gasteiger partial charge is 0.338 e. The summed E-state index contributed by atoms with van der Waals surface area (Å²) in [6, 6.07) is 6.29. The number of carbonyl (C=O) groups excluding carboxylic acids is 1. The van der Waals surface area contributed by atoms with Crippen molar-refractivity contribution in [1.29, 1.82) is 0 Å². The number of sulfonamides is 1. The van der Waals surface area contributed by atoms with E-state index < -0.39 is 10.0 Å². The van der Waals surface area contributed by atoms with E-state index in [1.807, 2.05) is 4.90 Å². The molecule has 0 N–H and O–H groups in total. The molecular formula is C15H22N2O3S. The van der Waals surface area contributed by atoms with Gasteiger partial charge in [0.1, 0.15) is 0 Å². The molecule has 0 aliphatic carbocycles. The second-order valence-corrected chi connectivity index (χ2v) is 7.97. The van der Waals surface area contributed by atoms with Crippen molar-refractivity contribution in [1.82, 2.24) is 9.21 Å². The van der Waals surface area contributed by atoms with Gasteiger partial charge in [-0.1, -0.05) is 13.0 Å². The second-order valence-electron chi connectivity index (χ2n) is 5.81. The summed E-state index contributed by atoms with van der Waals surface area (Å²) in [6.45, 7) is 3.61. The summed E-state index contributed by atoms with van der Waals surface area (Å²) in [5.41, 5.74) is 0.437. The average Bonchev–Trinajstić information content (AvgIpc) is 2.46. The van der Waals surface area contributed by atoms with Crippen LogP contribution in [0.25, 0.3) is 0 Å². The van der Waals surface area contributed by atoms with E-state index >= 15 is 0 Å². The van der Waals surface area contributed by atoms with Gasteiger partial charge in [-0.25, -0.2) is 12.7 Å². The molecular weight excluding hydrogens is 288 g/mol. The van der Waals surface area contributed by atoms with Crippen LogP contribution in [0.15, 0.2) is 29.2 Å². The first-order valence-corrected chi connectivity index (χ1v) is 8.58. The van der Waals surface area contributed by atoms with Gasteiger partial charge in [0.05, 0.1) is 4.90 Å². The van der Waals surface area contributed by atoms with Gasteiger partial charge in [0.2, 0.25) is 10.0 Å². The Kier molecular flexibility index (Phi) is 4.68. The number of carbonyl (C=O) groups is 1. The molecule has 0 spiro atoms. The van der Waals surface area contributed by atoms with Crippen LogP contribution in [0.3, 0.4) is 0 Å². The highest BCUT2D eigenvalue weighted by Gasteiger charge is 2.24. The summed E-state index contributed by atoms with van der Waals surface area (Å²) in [5.74, 6) is 0.411. The van der Waals surface area contributed by atoms with Crippen molar-refractivity contribution in [3.05, 3.63) is 29.8 Å². The fourth-order valence-corrected chi connectivity index (χ4v) is 3.50. The molecule has 0 aromatic heterocycles. The second kappa shape index (κ2) is 6.15. The summed E-state index contributed by atoms with van der Waals surface area (Å²) in [7, 11) is -0.547. The smallest absolute Gasteiger partial charge is 0.253 e. The molecule has 6 heteroatoms. The van der Waals surface area contributed by atoms with E-state index in [9.17, 15) is 13.2 Å². The van der Waals surface area contributed by atoms with E-state index in [2.05, 4.69) is 6.92 Å². The Labute approximate surface area is 126 Å². The number of nitrogens with zero attached hydrogens (tertiary/aromatic N) is 2. The Bertz CT molecular complexity index is 626. The predicted molar refractivity (Wildman–Crippen MR) is 81.6 cm³/mol. The number of rotatable bonds is 3. The molecule has 1 atom stereocenters. The monoisotopic (exact) mass is 310 g/mol. The summed E-state index contributed by atoms with van der Waals surface area (Å²) in [5, 5.41) is 0. The van der Waals surface area contributed by atoms with Crippen LogP contribution in [0.5, 0.6) is 0 Å². The lowest BCUT2D eigenvalue weighted by Gasteiger charge is -2.31. The Morgan fingerprint density at radius 2 is 2.05 bits per heavy atom. The van der Waals surface area contributed by atoms with Gasteiger partial charge in [0, 0.05) is 32.7 Å². The molecule has 1 unspecified atom stereocenters. The van der Waals surface area contributed by atoms with E-state index in [-0.39, 0.29) is 10.8 Å². The molecule has 21 heavy (non-hydrogen) atoms. The van der Waals surface area contributed by atoms with Gasteiger partial charge in [-0.05, 0) is 37.0 Å². The topological polar surface area (TPSA) is 57.7 Å². The summed E-state index contributed by atoms with van der Waals surface area (Å²) >= 11 is 0. The van der Waals surface area contributed by atoms with Crippen molar-refractivity contribution in [2.45, 2.75) is 24.7 Å². The highest BCUT2D eigenvalue weighted by atomic mass is 32.2. The molecule has 1 aromatic carbocycles. The van der Waals surface area contributed by atoms with Crippen LogP contribution in [0.2, 0.25) is 0 Å². The van der Waals surface area contributed by atoms with Gasteiger partial charge in [-0.2, -0.15) is 0 Å². The van der Waals surface area contributed by atoms with Crippen molar-refractivity contribution in [3.63, 3.8) is 0 Å². The van der Waals surface area contributed by atoms with Crippen molar-refractivity contribution >= 4 is 15.9 Å². The van der Waals surface area contributed by atoms with E-state index in [1.54, 1.807) is 12.1 Å². The molecule has 0 bridgehead atoms. The minimum absolute atomic E-state index is 0.0858. The predicted octanol–water partition coefficient (Wildman–Crippen LogP) is 1.81. The Morgan fingerprint density at radius 1 is 1.33 bits per heavy atom. The summed E-state index contributed by atoms with van der Waals surface area (Å²) in [4.78, 5) is 14.5. The number of likely N-dealkylation sites (tertiary alicyclic amines) is 1. The minimum Gasteiger partial charge on any atom is -0.338 e. The Balaban J connectivity index is 2.27. The maximum absolute atomic E-state index is 12.5. The molecule has 1 fully saturated rings. The van der Waals surface area contributed by atoms with Crippen LogP contribution in [0, 0.1) is 5.92 Å². The molecule has 1 aliphatic heterocycles. The SMILES string of the molecule is CC1CCCN(C(=O)c2cccc(S(=O)(=O)N(C)C)c2)C1. The van der Waals surface area contributed by atoms with Crippen LogP contribution < -0.4 is 0 Å². The fourth-order valence-electron chi connectivity index (χ4n) is 2.56. The van der Waals surface area contributed by atoms with Gasteiger partial charge in [0.25, 0.3) is 5.91 Å². The van der Waals surface area contributed by atoms with Crippen molar-refractivity contribution in [2.24, 2.45) is 5.92 Å². The molecule has 1 saturated heterocycles. The van der Waals surface area contributed by atoms with Crippen LogP contribution in [-0.4, -0.2) is 50.7 Å². The fraction of sp³-hybridized carbons (Fsp3) is 0.533. The van der Waals surface area contributed by atoms with Crippen molar-refractivity contribution in [3.8, 4) is 0 Å². The zero-order valence-electron chi connectivity index (χ0n) is 12.7. The van der Waals surface area contributed by atoms with Gasteiger partial charge < -0.3 is 4.90 Å². The van der Waals surface area contributed by atoms with Crippen LogP contribution in [0.4, 0.5) is 0 Å². The molecule has 0 saturated carbocycles. The quantitative estimate of drug-likeness (QED) is 0.855. The lowest BCUT2D eigenvalue weighted by atomic mass is 9.99. The Hall–Kier alpha value is -1.40. The molecule has 0 radical (unpaired) electrons. The third-order valence-corrected chi connectivity index (χ3v) is 5.61. The Morgan fingerprint density at radius 3 is 2.67 bits per heavy atom. The highest BCUT2D eigenvalue weighted by molar-refractivity contribution is 7.89. The zero-order chi connectivity index (χ0) is 15.6. The standard InChI is InChI=1S/C15H22N2O3S/c1-12-6-5-9-17(11-12)15(18)13-7-4-8-14(10-13)21(19,20)16(2)3/h4,7-8,10,12H,5-6,9,11H2,1-3H3. The summed E-state index contributed by atoms with van der Waals surface area (Å²) in [6.07, 6.45) is 2.14. The molecule has 1 aliphatic rings. The number of hydrogen-bond acceptors (Lipinski definition) is 3. The van der Waals surface area contributed by atoms with Gasteiger partial charge >= 0.3 is 0 Å². The van der Waals surface area contributed by atoms with Crippen LogP contribution in [0.1, 0.15) is 30.1 Å². The van der Waals surface area contributed by atoms with Crippen LogP contribution >= 0.6 is 0 Å². The molecule has 5 nitrogen and oxygen atoms in total. The zero-order valence-corrected chi connectivity index (χ0v) is 13.6. The molecule has 116 valence electrons. The van der Waals surface area contributed by atoms with Crippen molar-refractivity contribution < 1.29 is 13.2 Å². The first-order chi connectivity index (χ1) is 9.82. The minimum atomic E-state index is -3.51. The molecule has 1 amide bonds. The van der Waals surface area contributed by atoms with Gasteiger partial charge in [-0.15, -0.1) is 0 Å². The normalized spacial score (nSPS) is 19.8. The third-order valence-electron chi connectivity index (χ3n) is 3.80. The van der Waals surface area contributed by atoms with E-state index in [4.69, 9.17) is 0 Å². The maximum Gasteiger partial charge on any atom is 0.253 e. The number of benzene rings is 1. The summed E-state index contributed by atoms with van der Waals surface area (Å²) < 4.78 is 25.4. The van der Waals surface area contributed by atoms with Gasteiger partial charge in [-0.3, -0.25) is 4.79 Å². The first kappa shape index (κ1) is 16.0. The number of hydrogen-bond donors (Lipinski definition) is 0. The number of amides is 1. The van der Waals surface area contributed by atoms with Crippen molar-refractivity contribution in [2.75, 3.05) is 27.2 Å². The number of piperidine rings is 1. The third kappa shape index (κ3) is 3.44. The van der Waals surface area contributed by atoms with Gasteiger partial charge in [0.15, 0.2) is 0 Å². The maximum atomic E-state index is 12.5. The molecule has 1 heterocycles. The first-order valence-electron chi connectivity index (χ1n) is 7.14. The lowest BCUT2D eigenvalue weighted by Crippen LogP contribution is -2.39. The van der Waals surface area contributed by atoms with E-state index in [0.29, 0.717) is 11.5 Å². The molecule has 2 rings (SSSR count). The lowest BCUT2D eigenvalue weighted by molar-refractivity contribution is 0.0683. The van der Waals surface area contributed by atoms with E-state index in [1.165, 1.54) is 26.2 Å². The highest BCUT2D eigenvalue weighted by Crippen LogP contribution is 2.20. The average molecular weight is 310 g/mol. The molecule has 1 aromatic rings. The van der Waals surface area contributed by atoms with E-state index in [0.717, 1.165) is 30.2 Å².